The van der Waals surface area contributed by atoms with Crippen molar-refractivity contribution in [2.75, 3.05) is 0 Å². The van der Waals surface area contributed by atoms with Gasteiger partial charge in [0.15, 0.2) is 4.80 Å². The van der Waals surface area contributed by atoms with Gasteiger partial charge in [0.1, 0.15) is 0 Å². The smallest absolute Gasteiger partial charge is 0.279 e. The van der Waals surface area contributed by atoms with Crippen LogP contribution in [0.2, 0.25) is 0 Å². The lowest BCUT2D eigenvalue weighted by atomic mass is 10.0. The van der Waals surface area contributed by atoms with Crippen LogP contribution in [-0.4, -0.2) is 10.5 Å². The van der Waals surface area contributed by atoms with Crippen molar-refractivity contribution in [3.05, 3.63) is 74.4 Å². The van der Waals surface area contributed by atoms with Gasteiger partial charge in [-0.3, -0.25) is 4.79 Å². The summed E-state index contributed by atoms with van der Waals surface area (Å²) in [6.07, 6.45) is 0. The molecule has 3 nitrogen and oxygen atoms in total. The van der Waals surface area contributed by atoms with Crippen molar-refractivity contribution < 1.29 is 4.79 Å². The van der Waals surface area contributed by atoms with E-state index in [9.17, 15) is 4.79 Å². The number of carbonyl (C=O) groups excluding carboxylic acids is 1. The van der Waals surface area contributed by atoms with E-state index in [1.54, 1.807) is 11.3 Å². The number of hydrogen-bond acceptors (Lipinski definition) is 2. The first kappa shape index (κ1) is 18.3. The number of aromatic nitrogens is 1. The Bertz CT molecular complexity index is 1040. The summed E-state index contributed by atoms with van der Waals surface area (Å²) in [5.74, 6) is -0.191. The van der Waals surface area contributed by atoms with Crippen molar-refractivity contribution in [2.24, 2.45) is 4.99 Å². The summed E-state index contributed by atoms with van der Waals surface area (Å²) in [7, 11) is 0. The van der Waals surface area contributed by atoms with Crippen LogP contribution in [0.3, 0.4) is 0 Å². The van der Waals surface area contributed by atoms with Crippen LogP contribution in [0, 0.1) is 27.7 Å². The van der Waals surface area contributed by atoms with E-state index in [1.807, 2.05) is 31.2 Å². The average Bonchev–Trinajstić information content (AvgIpc) is 2.92. The van der Waals surface area contributed by atoms with Crippen LogP contribution >= 0.6 is 11.3 Å². The molecule has 3 rings (SSSR count). The molecule has 2 aromatic carbocycles. The van der Waals surface area contributed by atoms with Crippen LogP contribution in [0.15, 0.2) is 47.5 Å². The highest BCUT2D eigenvalue weighted by Crippen LogP contribution is 2.27. The van der Waals surface area contributed by atoms with Crippen LogP contribution in [0.25, 0.3) is 11.3 Å². The quantitative estimate of drug-likeness (QED) is 0.628. The fourth-order valence-corrected chi connectivity index (χ4v) is 4.14. The summed E-state index contributed by atoms with van der Waals surface area (Å²) in [6.45, 7) is 11.2. The second-order valence-corrected chi connectivity index (χ2v) is 7.80. The number of benzene rings is 2. The maximum atomic E-state index is 12.6. The molecule has 26 heavy (non-hydrogen) atoms. The van der Waals surface area contributed by atoms with Crippen LogP contribution < -0.4 is 4.80 Å². The highest BCUT2D eigenvalue weighted by Gasteiger charge is 2.14. The first-order valence-corrected chi connectivity index (χ1v) is 9.66. The summed E-state index contributed by atoms with van der Waals surface area (Å²) in [4.78, 5) is 19.0. The van der Waals surface area contributed by atoms with Gasteiger partial charge in [0.05, 0.1) is 5.69 Å². The molecule has 0 spiro atoms. The van der Waals surface area contributed by atoms with E-state index in [-0.39, 0.29) is 5.91 Å². The zero-order valence-corrected chi connectivity index (χ0v) is 16.8. The predicted octanol–water partition coefficient (Wildman–Crippen LogP) is 5.21. The lowest BCUT2D eigenvalue weighted by Gasteiger charge is -2.10. The van der Waals surface area contributed by atoms with Gasteiger partial charge in [0.2, 0.25) is 0 Å². The van der Waals surface area contributed by atoms with Crippen LogP contribution in [-0.2, 0) is 6.54 Å². The molecule has 4 heteroatoms. The first-order chi connectivity index (χ1) is 12.4. The molecule has 3 aromatic rings. The molecule has 1 aromatic heterocycles. The third kappa shape index (κ3) is 3.56. The van der Waals surface area contributed by atoms with Gasteiger partial charge in [-0.25, -0.2) is 0 Å². The minimum atomic E-state index is -0.191. The minimum absolute atomic E-state index is 0.191. The molecule has 0 aliphatic rings. The van der Waals surface area contributed by atoms with E-state index in [1.165, 1.54) is 21.6 Å². The molecule has 134 valence electrons. The highest BCUT2D eigenvalue weighted by atomic mass is 32.1. The Kier molecular flexibility index (Phi) is 5.23. The lowest BCUT2D eigenvalue weighted by Crippen LogP contribution is -2.17. The van der Waals surface area contributed by atoms with E-state index in [2.05, 4.69) is 55.5 Å². The van der Waals surface area contributed by atoms with Crippen LogP contribution in [0.1, 0.15) is 38.8 Å². The maximum absolute atomic E-state index is 12.6. The average molecular weight is 365 g/mol. The maximum Gasteiger partial charge on any atom is 0.279 e. The molecule has 1 heterocycles. The SMILES string of the molecule is CCn1c(-c2ccc(C)c(C)c2)c(C)sc1=NC(=O)c1cccc(C)c1. The van der Waals surface area contributed by atoms with Gasteiger partial charge in [0, 0.05) is 17.0 Å². The van der Waals surface area contributed by atoms with Gasteiger partial charge in [-0.05, 0) is 69.5 Å². The van der Waals surface area contributed by atoms with E-state index in [4.69, 9.17) is 0 Å². The summed E-state index contributed by atoms with van der Waals surface area (Å²) in [5.41, 5.74) is 6.57. The zero-order chi connectivity index (χ0) is 18.8. The van der Waals surface area contributed by atoms with Gasteiger partial charge in [-0.15, -0.1) is 11.3 Å². The van der Waals surface area contributed by atoms with E-state index < -0.39 is 0 Å². The van der Waals surface area contributed by atoms with Crippen molar-refractivity contribution in [1.82, 2.24) is 4.57 Å². The predicted molar refractivity (Wildman–Crippen MR) is 109 cm³/mol. The van der Waals surface area contributed by atoms with Crippen LogP contribution in [0.5, 0.6) is 0 Å². The summed E-state index contributed by atoms with van der Waals surface area (Å²) >= 11 is 1.57. The molecule has 1 amide bonds. The number of rotatable bonds is 3. The number of carbonyl (C=O) groups is 1. The third-order valence-corrected chi connectivity index (χ3v) is 5.63. The fourth-order valence-electron chi connectivity index (χ4n) is 3.08. The Morgan fingerprint density at radius 2 is 1.81 bits per heavy atom. The molecule has 0 saturated heterocycles. The molecular weight excluding hydrogens is 340 g/mol. The van der Waals surface area contributed by atoms with E-state index in [0.29, 0.717) is 5.56 Å². The van der Waals surface area contributed by atoms with Gasteiger partial charge >= 0.3 is 0 Å². The van der Waals surface area contributed by atoms with Crippen molar-refractivity contribution in [3.8, 4) is 11.3 Å². The van der Waals surface area contributed by atoms with Crippen molar-refractivity contribution >= 4 is 17.2 Å². The first-order valence-electron chi connectivity index (χ1n) is 8.84. The van der Waals surface area contributed by atoms with Crippen molar-refractivity contribution in [1.29, 1.82) is 0 Å². The minimum Gasteiger partial charge on any atom is -0.316 e. The zero-order valence-electron chi connectivity index (χ0n) is 16.0. The summed E-state index contributed by atoms with van der Waals surface area (Å²) in [5, 5.41) is 0. The molecule has 0 atom stereocenters. The molecule has 0 unspecified atom stereocenters. The third-order valence-electron chi connectivity index (χ3n) is 4.64. The molecule has 0 fully saturated rings. The topological polar surface area (TPSA) is 34.4 Å². The summed E-state index contributed by atoms with van der Waals surface area (Å²) in [6, 6.07) is 14.1. The fraction of sp³-hybridized carbons (Fsp3) is 0.273. The number of hydrogen-bond donors (Lipinski definition) is 0. The van der Waals surface area contributed by atoms with Gasteiger partial charge in [-0.1, -0.05) is 29.8 Å². The number of aryl methyl sites for hydroxylation is 4. The van der Waals surface area contributed by atoms with E-state index in [0.717, 1.165) is 22.6 Å². The van der Waals surface area contributed by atoms with Crippen LogP contribution in [0.4, 0.5) is 0 Å². The number of amides is 1. The Labute approximate surface area is 158 Å². The second-order valence-electron chi connectivity index (χ2n) is 6.62. The molecule has 0 radical (unpaired) electrons. The largest absolute Gasteiger partial charge is 0.316 e. The van der Waals surface area contributed by atoms with Crippen molar-refractivity contribution in [2.45, 2.75) is 41.2 Å². The Morgan fingerprint density at radius 1 is 1.04 bits per heavy atom. The standard InChI is InChI=1S/C22H24N2OS/c1-6-24-20(18-11-10-15(3)16(4)13-18)17(5)26-22(24)23-21(25)19-9-7-8-14(2)12-19/h7-13H,6H2,1-5H3. The molecular formula is C22H24N2OS. The van der Waals surface area contributed by atoms with Gasteiger partial charge in [0.25, 0.3) is 5.91 Å². The molecule has 0 bridgehead atoms. The monoisotopic (exact) mass is 364 g/mol. The molecule has 0 saturated carbocycles. The summed E-state index contributed by atoms with van der Waals surface area (Å²) < 4.78 is 2.14. The van der Waals surface area contributed by atoms with E-state index >= 15 is 0 Å². The Hall–Kier alpha value is -2.46. The Morgan fingerprint density at radius 3 is 2.46 bits per heavy atom. The number of thiazole rings is 1. The highest BCUT2D eigenvalue weighted by molar-refractivity contribution is 7.09. The Balaban J connectivity index is 2.12. The molecule has 0 N–H and O–H groups in total. The normalized spacial score (nSPS) is 11.8. The molecule has 0 aliphatic heterocycles. The number of nitrogens with zero attached hydrogens (tertiary/aromatic N) is 2. The van der Waals surface area contributed by atoms with Crippen molar-refractivity contribution in [3.63, 3.8) is 0 Å². The second kappa shape index (κ2) is 7.42. The van der Waals surface area contributed by atoms with Gasteiger partial charge in [-0.2, -0.15) is 4.99 Å². The van der Waals surface area contributed by atoms with Gasteiger partial charge < -0.3 is 4.57 Å². The lowest BCUT2D eigenvalue weighted by molar-refractivity contribution is 0.0997. The molecule has 0 aliphatic carbocycles.